The molecule has 0 fully saturated rings. The van der Waals surface area contributed by atoms with E-state index >= 15 is 0 Å². The molecule has 0 spiro atoms. The molecule has 0 saturated heterocycles. The lowest BCUT2D eigenvalue weighted by molar-refractivity contribution is -0.129. The molecule has 0 radical (unpaired) electrons. The molecule has 0 saturated carbocycles. The largest absolute Gasteiger partial charge is 0.351 e. The molecular formula is C20H24FN3O3. The number of nitrogens with one attached hydrogen (secondary N) is 1. The van der Waals surface area contributed by atoms with Crippen LogP contribution in [-0.2, 0) is 16.8 Å². The lowest BCUT2D eigenvalue weighted by Gasteiger charge is -2.25. The van der Waals surface area contributed by atoms with Crippen LogP contribution in [0.25, 0.3) is 0 Å². The van der Waals surface area contributed by atoms with Gasteiger partial charge in [-0.05, 0) is 29.8 Å². The van der Waals surface area contributed by atoms with Gasteiger partial charge in [-0.2, -0.15) is 0 Å². The summed E-state index contributed by atoms with van der Waals surface area (Å²) in [5.41, 5.74) is -0.132. The number of nitrogens with zero attached hydrogens (tertiary/aromatic N) is 2. The van der Waals surface area contributed by atoms with Gasteiger partial charge >= 0.3 is 0 Å². The average Bonchev–Trinajstić information content (AvgIpc) is 2.61. The maximum Gasteiger partial charge on any atom is 0.263 e. The molecule has 1 N–H and O–H groups in total. The molecular weight excluding hydrogens is 349 g/mol. The Bertz CT molecular complexity index is 886. The van der Waals surface area contributed by atoms with Gasteiger partial charge in [-0.1, -0.05) is 26.0 Å². The van der Waals surface area contributed by atoms with Crippen molar-refractivity contribution in [2.45, 2.75) is 25.8 Å². The normalized spacial score (nSPS) is 11.1. The summed E-state index contributed by atoms with van der Waals surface area (Å²) in [6.45, 7) is 3.97. The summed E-state index contributed by atoms with van der Waals surface area (Å²) in [5, 5.41) is 2.76. The highest BCUT2D eigenvalue weighted by Crippen LogP contribution is 2.22. The number of benzene rings is 1. The van der Waals surface area contributed by atoms with Crippen LogP contribution in [0.2, 0.25) is 0 Å². The van der Waals surface area contributed by atoms with Crippen molar-refractivity contribution in [2.24, 2.45) is 0 Å². The Morgan fingerprint density at radius 3 is 2.37 bits per heavy atom. The summed E-state index contributed by atoms with van der Waals surface area (Å²) in [6, 6.07) is 9.07. The van der Waals surface area contributed by atoms with E-state index in [9.17, 15) is 18.8 Å². The van der Waals surface area contributed by atoms with Crippen molar-refractivity contribution < 1.29 is 14.0 Å². The Kier molecular flexibility index (Phi) is 6.15. The molecule has 2 amide bonds. The van der Waals surface area contributed by atoms with Gasteiger partial charge in [0.2, 0.25) is 5.91 Å². The van der Waals surface area contributed by atoms with E-state index in [1.807, 2.05) is 13.8 Å². The Morgan fingerprint density at radius 1 is 1.15 bits per heavy atom. The van der Waals surface area contributed by atoms with Crippen LogP contribution in [-0.4, -0.2) is 41.9 Å². The maximum absolute atomic E-state index is 13.1. The van der Waals surface area contributed by atoms with Gasteiger partial charge in [-0.3, -0.25) is 14.4 Å². The number of aromatic nitrogens is 1. The molecule has 0 bridgehead atoms. The van der Waals surface area contributed by atoms with Crippen LogP contribution in [0.15, 0.2) is 47.4 Å². The number of amides is 2. The molecule has 144 valence electrons. The quantitative estimate of drug-likeness (QED) is 0.839. The minimum atomic E-state index is -0.523. The van der Waals surface area contributed by atoms with Gasteiger partial charge in [-0.15, -0.1) is 0 Å². The van der Waals surface area contributed by atoms with Crippen LogP contribution in [0.1, 0.15) is 29.8 Å². The number of likely N-dealkylation sites (N-methyl/N-ethyl adjacent to an activating group) is 1. The van der Waals surface area contributed by atoms with Crippen molar-refractivity contribution in [1.82, 2.24) is 14.8 Å². The molecule has 7 heteroatoms. The summed E-state index contributed by atoms with van der Waals surface area (Å²) in [5.74, 6) is -1.08. The first-order valence-electron chi connectivity index (χ1n) is 8.55. The van der Waals surface area contributed by atoms with Gasteiger partial charge in [0, 0.05) is 32.3 Å². The molecule has 2 rings (SSSR count). The monoisotopic (exact) mass is 373 g/mol. The van der Waals surface area contributed by atoms with Gasteiger partial charge in [0.15, 0.2) is 0 Å². The van der Waals surface area contributed by atoms with Crippen LogP contribution in [0, 0.1) is 5.82 Å². The molecule has 0 atom stereocenters. The fourth-order valence-electron chi connectivity index (χ4n) is 2.52. The molecule has 0 aliphatic carbocycles. The van der Waals surface area contributed by atoms with Crippen molar-refractivity contribution in [3.8, 4) is 0 Å². The number of hydrogen-bond donors (Lipinski definition) is 1. The van der Waals surface area contributed by atoms with Gasteiger partial charge < -0.3 is 14.8 Å². The van der Waals surface area contributed by atoms with E-state index in [4.69, 9.17) is 0 Å². The van der Waals surface area contributed by atoms with E-state index in [1.54, 1.807) is 32.3 Å². The first kappa shape index (κ1) is 20.4. The predicted molar refractivity (Wildman–Crippen MR) is 101 cm³/mol. The van der Waals surface area contributed by atoms with Crippen molar-refractivity contribution in [3.63, 3.8) is 0 Å². The molecule has 0 aliphatic heterocycles. The first-order valence-corrected chi connectivity index (χ1v) is 8.55. The standard InChI is InChI=1S/C20H24FN3O3/c1-20(2,14-7-9-15(21)10-8-14)13-22-18(26)16-6-5-11-24(19(16)27)12-17(25)23(3)4/h5-11H,12-13H2,1-4H3,(H,22,26). The van der Waals surface area contributed by atoms with Crippen LogP contribution < -0.4 is 10.9 Å². The topological polar surface area (TPSA) is 71.4 Å². The highest BCUT2D eigenvalue weighted by Gasteiger charge is 2.23. The highest BCUT2D eigenvalue weighted by atomic mass is 19.1. The minimum Gasteiger partial charge on any atom is -0.351 e. The number of pyridine rings is 1. The van der Waals surface area contributed by atoms with E-state index in [1.165, 1.54) is 33.9 Å². The van der Waals surface area contributed by atoms with E-state index in [-0.39, 0.29) is 30.4 Å². The molecule has 27 heavy (non-hydrogen) atoms. The van der Waals surface area contributed by atoms with E-state index in [0.717, 1.165) is 5.56 Å². The Morgan fingerprint density at radius 2 is 1.78 bits per heavy atom. The smallest absolute Gasteiger partial charge is 0.263 e. The summed E-state index contributed by atoms with van der Waals surface area (Å²) >= 11 is 0. The van der Waals surface area contributed by atoms with Crippen LogP contribution in [0.4, 0.5) is 4.39 Å². The van der Waals surface area contributed by atoms with Crippen molar-refractivity contribution in [2.75, 3.05) is 20.6 Å². The third-order valence-electron chi connectivity index (χ3n) is 4.39. The highest BCUT2D eigenvalue weighted by molar-refractivity contribution is 5.93. The fraction of sp³-hybridized carbons (Fsp3) is 0.350. The van der Waals surface area contributed by atoms with E-state index in [2.05, 4.69) is 5.32 Å². The summed E-state index contributed by atoms with van der Waals surface area (Å²) in [6.07, 6.45) is 1.48. The third kappa shape index (κ3) is 5.03. The zero-order valence-corrected chi connectivity index (χ0v) is 16.0. The van der Waals surface area contributed by atoms with E-state index in [0.29, 0.717) is 0 Å². The Balaban J connectivity index is 2.13. The fourth-order valence-corrected chi connectivity index (χ4v) is 2.52. The van der Waals surface area contributed by atoms with Gasteiger partial charge in [0.05, 0.1) is 0 Å². The Hall–Kier alpha value is -2.96. The van der Waals surface area contributed by atoms with Crippen molar-refractivity contribution in [1.29, 1.82) is 0 Å². The number of rotatable bonds is 6. The number of carbonyl (C=O) groups is 2. The predicted octanol–water partition coefficient (Wildman–Crippen LogP) is 1.78. The molecule has 6 nitrogen and oxygen atoms in total. The summed E-state index contributed by atoms with van der Waals surface area (Å²) in [7, 11) is 3.20. The zero-order chi connectivity index (χ0) is 20.2. The lowest BCUT2D eigenvalue weighted by Crippen LogP contribution is -2.40. The second-order valence-electron chi connectivity index (χ2n) is 7.22. The summed E-state index contributed by atoms with van der Waals surface area (Å²) < 4.78 is 14.3. The van der Waals surface area contributed by atoms with Crippen molar-refractivity contribution >= 4 is 11.8 Å². The maximum atomic E-state index is 13.1. The number of halogens is 1. The van der Waals surface area contributed by atoms with Gasteiger partial charge in [-0.25, -0.2) is 4.39 Å². The summed E-state index contributed by atoms with van der Waals surface area (Å²) in [4.78, 5) is 38.2. The molecule has 1 heterocycles. The molecule has 1 aromatic heterocycles. The Labute approximate surface area is 157 Å². The molecule has 1 aromatic carbocycles. The first-order chi connectivity index (χ1) is 12.6. The van der Waals surface area contributed by atoms with Gasteiger partial charge in [0.25, 0.3) is 11.5 Å². The van der Waals surface area contributed by atoms with Gasteiger partial charge in [0.1, 0.15) is 17.9 Å². The second-order valence-corrected chi connectivity index (χ2v) is 7.22. The minimum absolute atomic E-state index is 0.0287. The molecule has 0 unspecified atom stereocenters. The third-order valence-corrected chi connectivity index (χ3v) is 4.39. The number of hydrogen-bond acceptors (Lipinski definition) is 3. The van der Waals surface area contributed by atoms with Crippen LogP contribution in [0.3, 0.4) is 0 Å². The number of carbonyl (C=O) groups excluding carboxylic acids is 2. The van der Waals surface area contributed by atoms with E-state index < -0.39 is 16.9 Å². The lowest BCUT2D eigenvalue weighted by atomic mass is 9.84. The van der Waals surface area contributed by atoms with Crippen LogP contribution in [0.5, 0.6) is 0 Å². The van der Waals surface area contributed by atoms with Crippen molar-refractivity contribution in [3.05, 3.63) is 69.9 Å². The molecule has 2 aromatic rings. The second kappa shape index (κ2) is 8.16. The average molecular weight is 373 g/mol. The SMILES string of the molecule is CN(C)C(=O)Cn1cccc(C(=O)NCC(C)(C)c2ccc(F)cc2)c1=O. The zero-order valence-electron chi connectivity index (χ0n) is 16.0. The van der Waals surface area contributed by atoms with Crippen LogP contribution >= 0.6 is 0 Å². The molecule has 0 aliphatic rings.